The number of carbonyl (C=O) groups is 2. The second-order valence-electron chi connectivity index (χ2n) is 6.22. The molecular formula is C23H23NO4S. The second kappa shape index (κ2) is 9.47. The number of thioether (sulfide) groups is 1. The summed E-state index contributed by atoms with van der Waals surface area (Å²) in [6.45, 7) is 8.63. The summed E-state index contributed by atoms with van der Waals surface area (Å²) in [7, 11) is 0. The largest absolute Gasteiger partial charge is 0.490 e. The Kier molecular flexibility index (Phi) is 6.77. The molecule has 0 N–H and O–H groups in total. The van der Waals surface area contributed by atoms with E-state index in [1.807, 2.05) is 32.0 Å². The first-order valence-corrected chi connectivity index (χ1v) is 10.3. The number of hydrogen-bond acceptors (Lipinski definition) is 5. The van der Waals surface area contributed by atoms with Crippen LogP contribution in [0.15, 0.2) is 60.0 Å². The number of benzene rings is 2. The zero-order chi connectivity index (χ0) is 20.8. The van der Waals surface area contributed by atoms with Crippen LogP contribution in [0.5, 0.6) is 11.5 Å². The molecule has 0 bridgehead atoms. The Balaban J connectivity index is 2.00. The number of ether oxygens (including phenoxy) is 2. The van der Waals surface area contributed by atoms with E-state index in [1.54, 1.807) is 36.4 Å². The zero-order valence-corrected chi connectivity index (χ0v) is 17.3. The van der Waals surface area contributed by atoms with Gasteiger partial charge in [-0.15, -0.1) is 6.58 Å². The van der Waals surface area contributed by atoms with Gasteiger partial charge in [-0.2, -0.15) is 0 Å². The number of imide groups is 1. The van der Waals surface area contributed by atoms with Crippen molar-refractivity contribution >= 4 is 34.7 Å². The van der Waals surface area contributed by atoms with E-state index in [0.29, 0.717) is 41.7 Å². The smallest absolute Gasteiger partial charge is 0.298 e. The molecule has 1 aliphatic heterocycles. The Labute approximate surface area is 175 Å². The molecule has 1 fully saturated rings. The van der Waals surface area contributed by atoms with Crippen molar-refractivity contribution in [3.05, 3.63) is 71.2 Å². The van der Waals surface area contributed by atoms with Gasteiger partial charge in [0.05, 0.1) is 23.8 Å². The van der Waals surface area contributed by atoms with Gasteiger partial charge in [-0.05, 0) is 67.9 Å². The van der Waals surface area contributed by atoms with Crippen molar-refractivity contribution in [2.45, 2.75) is 20.3 Å². The number of anilines is 1. The van der Waals surface area contributed by atoms with Crippen LogP contribution in [-0.2, 0) is 11.2 Å². The maximum Gasteiger partial charge on any atom is 0.298 e. The third-order valence-electron chi connectivity index (χ3n) is 4.21. The van der Waals surface area contributed by atoms with Gasteiger partial charge < -0.3 is 9.47 Å². The topological polar surface area (TPSA) is 55.8 Å². The average Bonchev–Trinajstić information content (AvgIpc) is 2.98. The number of para-hydroxylation sites is 1. The third-order valence-corrected chi connectivity index (χ3v) is 5.08. The molecule has 2 aromatic carbocycles. The van der Waals surface area contributed by atoms with Gasteiger partial charge in [0.25, 0.3) is 11.1 Å². The molecule has 1 saturated heterocycles. The van der Waals surface area contributed by atoms with E-state index >= 15 is 0 Å². The molecule has 0 unspecified atom stereocenters. The maximum absolute atomic E-state index is 12.9. The molecule has 0 spiro atoms. The fourth-order valence-electron chi connectivity index (χ4n) is 3.06. The standard InChI is InChI=1S/C23H23NO4S/c1-4-10-17-13-16(14-19(27-5-2)21(17)28-6-3)15-20-22(25)24(23(26)29-20)18-11-8-7-9-12-18/h4,7-9,11-15H,1,5-6,10H2,2-3H3/b20-15-. The molecule has 0 saturated carbocycles. The predicted molar refractivity (Wildman–Crippen MR) is 118 cm³/mol. The van der Waals surface area contributed by atoms with Gasteiger partial charge in [0.15, 0.2) is 11.5 Å². The lowest BCUT2D eigenvalue weighted by atomic mass is 10.0. The summed E-state index contributed by atoms with van der Waals surface area (Å²) < 4.78 is 11.5. The fraction of sp³-hybridized carbons (Fsp3) is 0.217. The lowest BCUT2D eigenvalue weighted by molar-refractivity contribution is -0.113. The minimum Gasteiger partial charge on any atom is -0.490 e. The van der Waals surface area contributed by atoms with Crippen LogP contribution in [0.3, 0.4) is 0 Å². The lowest BCUT2D eigenvalue weighted by Crippen LogP contribution is -2.27. The molecule has 3 rings (SSSR count). The highest BCUT2D eigenvalue weighted by Gasteiger charge is 2.36. The molecular weight excluding hydrogens is 386 g/mol. The van der Waals surface area contributed by atoms with Crippen LogP contribution in [0, 0.1) is 0 Å². The van der Waals surface area contributed by atoms with E-state index < -0.39 is 0 Å². The minimum atomic E-state index is -0.330. The van der Waals surface area contributed by atoms with Crippen molar-refractivity contribution in [1.82, 2.24) is 0 Å². The molecule has 5 nitrogen and oxygen atoms in total. The third kappa shape index (κ3) is 4.54. The van der Waals surface area contributed by atoms with Crippen molar-refractivity contribution in [3.63, 3.8) is 0 Å². The minimum absolute atomic E-state index is 0.310. The van der Waals surface area contributed by atoms with Crippen LogP contribution in [-0.4, -0.2) is 24.4 Å². The number of hydrogen-bond donors (Lipinski definition) is 0. The number of rotatable bonds is 8. The van der Waals surface area contributed by atoms with Crippen LogP contribution < -0.4 is 14.4 Å². The molecule has 1 heterocycles. The number of amides is 2. The molecule has 6 heteroatoms. The average molecular weight is 410 g/mol. The van der Waals surface area contributed by atoms with Crippen molar-refractivity contribution in [3.8, 4) is 11.5 Å². The van der Waals surface area contributed by atoms with E-state index in [-0.39, 0.29) is 11.1 Å². The highest BCUT2D eigenvalue weighted by molar-refractivity contribution is 8.19. The van der Waals surface area contributed by atoms with E-state index in [9.17, 15) is 9.59 Å². The Morgan fingerprint density at radius 1 is 1.07 bits per heavy atom. The van der Waals surface area contributed by atoms with E-state index in [4.69, 9.17) is 9.47 Å². The van der Waals surface area contributed by atoms with Gasteiger partial charge in [0, 0.05) is 5.56 Å². The lowest BCUT2D eigenvalue weighted by Gasteiger charge is -2.16. The van der Waals surface area contributed by atoms with Crippen LogP contribution in [0.4, 0.5) is 10.5 Å². The number of allylic oxidation sites excluding steroid dienone is 1. The Morgan fingerprint density at radius 2 is 1.79 bits per heavy atom. The Hall–Kier alpha value is -2.99. The van der Waals surface area contributed by atoms with Crippen molar-refractivity contribution in [1.29, 1.82) is 0 Å². The quantitative estimate of drug-likeness (QED) is 0.428. The summed E-state index contributed by atoms with van der Waals surface area (Å²) >= 11 is 0.931. The molecule has 0 radical (unpaired) electrons. The Morgan fingerprint density at radius 3 is 2.45 bits per heavy atom. The van der Waals surface area contributed by atoms with Gasteiger partial charge in [-0.25, -0.2) is 4.90 Å². The van der Waals surface area contributed by atoms with Crippen molar-refractivity contribution in [2.75, 3.05) is 18.1 Å². The van der Waals surface area contributed by atoms with E-state index in [0.717, 1.165) is 22.9 Å². The summed E-state index contributed by atoms with van der Waals surface area (Å²) in [5.74, 6) is 0.967. The van der Waals surface area contributed by atoms with Crippen LogP contribution in [0.2, 0.25) is 0 Å². The molecule has 0 aromatic heterocycles. The van der Waals surface area contributed by atoms with Crippen molar-refractivity contribution < 1.29 is 19.1 Å². The summed E-state index contributed by atoms with van der Waals surface area (Å²) in [4.78, 5) is 26.9. The van der Waals surface area contributed by atoms with Gasteiger partial charge in [-0.3, -0.25) is 9.59 Å². The van der Waals surface area contributed by atoms with Gasteiger partial charge >= 0.3 is 0 Å². The Bertz CT molecular complexity index is 953. The van der Waals surface area contributed by atoms with Crippen molar-refractivity contribution in [2.24, 2.45) is 0 Å². The van der Waals surface area contributed by atoms with E-state index in [2.05, 4.69) is 6.58 Å². The van der Waals surface area contributed by atoms with E-state index in [1.165, 1.54) is 4.90 Å². The molecule has 1 aliphatic rings. The van der Waals surface area contributed by atoms with Crippen LogP contribution in [0.1, 0.15) is 25.0 Å². The highest BCUT2D eigenvalue weighted by atomic mass is 32.2. The fourth-order valence-corrected chi connectivity index (χ4v) is 3.91. The molecule has 2 amide bonds. The first-order valence-electron chi connectivity index (χ1n) is 9.45. The number of nitrogens with zero attached hydrogens (tertiary/aromatic N) is 1. The molecule has 0 atom stereocenters. The zero-order valence-electron chi connectivity index (χ0n) is 16.5. The first-order chi connectivity index (χ1) is 14.1. The molecule has 29 heavy (non-hydrogen) atoms. The van der Waals surface area contributed by atoms with Gasteiger partial charge in [-0.1, -0.05) is 24.3 Å². The normalized spacial score (nSPS) is 15.1. The van der Waals surface area contributed by atoms with Crippen LogP contribution in [0.25, 0.3) is 6.08 Å². The monoisotopic (exact) mass is 409 g/mol. The predicted octanol–water partition coefficient (Wildman–Crippen LogP) is 5.45. The molecule has 2 aromatic rings. The van der Waals surface area contributed by atoms with Gasteiger partial charge in [0.2, 0.25) is 0 Å². The summed E-state index contributed by atoms with van der Waals surface area (Å²) in [6.07, 6.45) is 4.11. The maximum atomic E-state index is 12.9. The summed E-state index contributed by atoms with van der Waals surface area (Å²) in [6, 6.07) is 12.7. The summed E-state index contributed by atoms with van der Waals surface area (Å²) in [5.41, 5.74) is 2.25. The molecule has 0 aliphatic carbocycles. The number of carbonyl (C=O) groups excluding carboxylic acids is 2. The highest BCUT2D eigenvalue weighted by Crippen LogP contribution is 2.38. The first kappa shape index (κ1) is 20.7. The van der Waals surface area contributed by atoms with Crippen LogP contribution >= 0.6 is 11.8 Å². The SMILES string of the molecule is C=CCc1cc(/C=C2\SC(=O)N(c3ccccc3)C2=O)cc(OCC)c1OCC. The van der Waals surface area contributed by atoms with Gasteiger partial charge in [0.1, 0.15) is 0 Å². The molecule has 150 valence electrons. The second-order valence-corrected chi connectivity index (χ2v) is 7.21. The summed E-state index contributed by atoms with van der Waals surface area (Å²) in [5, 5.41) is -0.310.